The minimum atomic E-state index is -0.870. The number of nitrogens with one attached hydrogen (secondary N) is 1. The minimum absolute atomic E-state index is 0.361. The normalized spacial score (nSPS) is 10.4. The van der Waals surface area contributed by atoms with Crippen molar-refractivity contribution in [3.05, 3.63) is 64.2 Å². The molecule has 20 heavy (non-hydrogen) atoms. The average molecular weight is 361 g/mol. The van der Waals surface area contributed by atoms with Gasteiger partial charge in [-0.15, -0.1) is 0 Å². The van der Waals surface area contributed by atoms with Crippen LogP contribution in [0.5, 0.6) is 0 Å². The molecule has 0 heterocycles. The molecule has 0 atom stereocenters. The molecule has 0 aliphatic carbocycles. The van der Waals surface area contributed by atoms with E-state index in [1.807, 2.05) is 6.07 Å². The molecule has 2 rings (SSSR count). The minimum Gasteiger partial charge on any atom is -0.322 e. The molecule has 2 nitrogen and oxygen atoms in total. The van der Waals surface area contributed by atoms with Crippen molar-refractivity contribution in [3.63, 3.8) is 0 Å². The average Bonchev–Trinajstić information content (AvgIpc) is 2.43. The largest absolute Gasteiger partial charge is 0.322 e. The van der Waals surface area contributed by atoms with Gasteiger partial charge in [-0.05, 0) is 29.8 Å². The first-order valence-corrected chi connectivity index (χ1v) is 7.12. The van der Waals surface area contributed by atoms with Crippen molar-refractivity contribution in [2.75, 3.05) is 5.32 Å². The van der Waals surface area contributed by atoms with Gasteiger partial charge in [0.1, 0.15) is 11.6 Å². The maximum atomic E-state index is 13.6. The van der Waals surface area contributed by atoms with Crippen molar-refractivity contribution < 1.29 is 13.6 Å². The van der Waals surface area contributed by atoms with Crippen LogP contribution in [-0.4, -0.2) is 5.91 Å². The zero-order chi connectivity index (χ0) is 14.7. The molecule has 1 N–H and O–H groups in total. The van der Waals surface area contributed by atoms with Gasteiger partial charge in [0.15, 0.2) is 0 Å². The molecule has 2 aromatic carbocycles. The van der Waals surface area contributed by atoms with Gasteiger partial charge in [-0.25, -0.2) is 8.78 Å². The second kappa shape index (κ2) is 6.33. The lowest BCUT2D eigenvalue weighted by molar-refractivity contribution is 0.102. The number of anilines is 1. The van der Waals surface area contributed by atoms with E-state index < -0.39 is 23.1 Å². The summed E-state index contributed by atoms with van der Waals surface area (Å²) in [4.78, 5) is 11.9. The maximum Gasteiger partial charge on any atom is 0.258 e. The summed E-state index contributed by atoms with van der Waals surface area (Å²) in [5.74, 6) is -2.44. The Morgan fingerprint density at radius 2 is 1.95 bits per heavy atom. The standard InChI is InChI=1S/C14H9BrClF2NO/c15-7-8-2-1-3-9(4-8)19-14(20)10-5-13(18)11(16)6-12(10)17/h1-6H,7H2,(H,19,20). The Bertz CT molecular complexity index is 664. The first kappa shape index (κ1) is 14.9. The summed E-state index contributed by atoms with van der Waals surface area (Å²) < 4.78 is 26.9. The highest BCUT2D eigenvalue weighted by atomic mass is 79.9. The number of benzene rings is 2. The lowest BCUT2D eigenvalue weighted by atomic mass is 10.1. The third kappa shape index (κ3) is 3.35. The summed E-state index contributed by atoms with van der Waals surface area (Å²) in [6.45, 7) is 0. The van der Waals surface area contributed by atoms with E-state index in [-0.39, 0.29) is 5.02 Å². The fourth-order valence-corrected chi connectivity index (χ4v) is 2.13. The molecule has 0 radical (unpaired) electrons. The van der Waals surface area contributed by atoms with Gasteiger partial charge in [0.05, 0.1) is 10.6 Å². The predicted molar refractivity (Wildman–Crippen MR) is 78.4 cm³/mol. The number of carbonyl (C=O) groups excluding carboxylic acids is 1. The Kier molecular flexibility index (Phi) is 4.73. The first-order chi connectivity index (χ1) is 9.51. The maximum absolute atomic E-state index is 13.6. The number of halogens is 4. The zero-order valence-corrected chi connectivity index (χ0v) is 12.4. The third-order valence-corrected chi connectivity index (χ3v) is 3.53. The van der Waals surface area contributed by atoms with Gasteiger partial charge < -0.3 is 5.32 Å². The molecule has 104 valence electrons. The molecular weight excluding hydrogens is 352 g/mol. The highest BCUT2D eigenvalue weighted by Gasteiger charge is 2.15. The monoisotopic (exact) mass is 359 g/mol. The topological polar surface area (TPSA) is 29.1 Å². The van der Waals surface area contributed by atoms with Crippen LogP contribution in [0, 0.1) is 11.6 Å². The van der Waals surface area contributed by atoms with Gasteiger partial charge in [-0.1, -0.05) is 39.7 Å². The molecular formula is C14H9BrClF2NO. The van der Waals surface area contributed by atoms with Crippen LogP contribution in [0.3, 0.4) is 0 Å². The van der Waals surface area contributed by atoms with E-state index in [0.29, 0.717) is 11.0 Å². The van der Waals surface area contributed by atoms with Crippen LogP contribution in [0.4, 0.5) is 14.5 Å². The van der Waals surface area contributed by atoms with E-state index in [1.54, 1.807) is 18.2 Å². The number of hydrogen-bond acceptors (Lipinski definition) is 1. The Morgan fingerprint density at radius 1 is 1.20 bits per heavy atom. The van der Waals surface area contributed by atoms with Gasteiger partial charge in [-0.3, -0.25) is 4.79 Å². The predicted octanol–water partition coefficient (Wildman–Crippen LogP) is 4.77. The number of carbonyl (C=O) groups is 1. The van der Waals surface area contributed by atoms with Gasteiger partial charge in [0, 0.05) is 11.0 Å². The van der Waals surface area contributed by atoms with Crippen molar-refractivity contribution in [2.24, 2.45) is 0 Å². The summed E-state index contributed by atoms with van der Waals surface area (Å²) in [6.07, 6.45) is 0. The number of hydrogen-bond donors (Lipinski definition) is 1. The fraction of sp³-hybridized carbons (Fsp3) is 0.0714. The lowest BCUT2D eigenvalue weighted by Gasteiger charge is -2.08. The summed E-state index contributed by atoms with van der Waals surface area (Å²) in [5.41, 5.74) is 1.06. The van der Waals surface area contributed by atoms with E-state index in [0.717, 1.165) is 17.7 Å². The van der Waals surface area contributed by atoms with Gasteiger partial charge in [0.25, 0.3) is 5.91 Å². The summed E-state index contributed by atoms with van der Waals surface area (Å²) in [6, 6.07) is 8.57. The molecule has 0 saturated heterocycles. The van der Waals surface area contributed by atoms with E-state index in [2.05, 4.69) is 21.2 Å². The van der Waals surface area contributed by atoms with Crippen LogP contribution < -0.4 is 5.32 Å². The smallest absolute Gasteiger partial charge is 0.258 e. The Morgan fingerprint density at radius 3 is 2.65 bits per heavy atom. The molecule has 0 bridgehead atoms. The Hall–Kier alpha value is -1.46. The van der Waals surface area contributed by atoms with E-state index in [9.17, 15) is 13.6 Å². The van der Waals surface area contributed by atoms with Crippen LogP contribution >= 0.6 is 27.5 Å². The van der Waals surface area contributed by atoms with Crippen molar-refractivity contribution in [1.82, 2.24) is 0 Å². The number of amides is 1. The summed E-state index contributed by atoms with van der Waals surface area (Å²) >= 11 is 8.73. The molecule has 0 spiro atoms. The zero-order valence-electron chi connectivity index (χ0n) is 10.1. The molecule has 2 aromatic rings. The molecule has 6 heteroatoms. The molecule has 0 fully saturated rings. The molecule has 0 aliphatic rings. The van der Waals surface area contributed by atoms with E-state index in [1.165, 1.54) is 0 Å². The highest BCUT2D eigenvalue weighted by Crippen LogP contribution is 2.21. The highest BCUT2D eigenvalue weighted by molar-refractivity contribution is 9.08. The quantitative estimate of drug-likeness (QED) is 0.620. The molecule has 1 amide bonds. The summed E-state index contributed by atoms with van der Waals surface area (Å²) in [5, 5.41) is 2.78. The van der Waals surface area contributed by atoms with Gasteiger partial charge in [0.2, 0.25) is 0 Å². The van der Waals surface area contributed by atoms with E-state index in [4.69, 9.17) is 11.6 Å². The Labute approximate surface area is 127 Å². The molecule has 0 saturated carbocycles. The summed E-state index contributed by atoms with van der Waals surface area (Å²) in [7, 11) is 0. The SMILES string of the molecule is O=C(Nc1cccc(CBr)c1)c1cc(F)c(Cl)cc1F. The van der Waals surface area contributed by atoms with Gasteiger partial charge >= 0.3 is 0 Å². The van der Waals surface area contributed by atoms with Gasteiger partial charge in [-0.2, -0.15) is 0 Å². The Balaban J connectivity index is 2.26. The van der Waals surface area contributed by atoms with Crippen LogP contribution in [0.15, 0.2) is 36.4 Å². The number of alkyl halides is 1. The van der Waals surface area contributed by atoms with Crippen LogP contribution in [0.1, 0.15) is 15.9 Å². The van der Waals surface area contributed by atoms with Crippen LogP contribution in [-0.2, 0) is 5.33 Å². The fourth-order valence-electron chi connectivity index (χ4n) is 1.63. The van der Waals surface area contributed by atoms with Crippen LogP contribution in [0.25, 0.3) is 0 Å². The first-order valence-electron chi connectivity index (χ1n) is 5.62. The van der Waals surface area contributed by atoms with Crippen molar-refractivity contribution >= 4 is 39.1 Å². The van der Waals surface area contributed by atoms with Crippen molar-refractivity contribution in [2.45, 2.75) is 5.33 Å². The van der Waals surface area contributed by atoms with E-state index >= 15 is 0 Å². The molecule has 0 aromatic heterocycles. The second-order valence-corrected chi connectivity index (χ2v) is 5.00. The molecule has 0 unspecified atom stereocenters. The molecule has 0 aliphatic heterocycles. The van der Waals surface area contributed by atoms with Crippen molar-refractivity contribution in [1.29, 1.82) is 0 Å². The second-order valence-electron chi connectivity index (χ2n) is 4.03. The third-order valence-electron chi connectivity index (χ3n) is 2.59. The van der Waals surface area contributed by atoms with Crippen molar-refractivity contribution in [3.8, 4) is 0 Å². The van der Waals surface area contributed by atoms with Crippen LogP contribution in [0.2, 0.25) is 5.02 Å². The lowest BCUT2D eigenvalue weighted by Crippen LogP contribution is -2.14. The number of rotatable bonds is 3.